The first-order valence-electron chi connectivity index (χ1n) is 8.11. The molecule has 1 aliphatic heterocycles. The number of guanidine groups is 1. The molecule has 0 bridgehead atoms. The molecule has 4 nitrogen and oxygen atoms in total. The number of nitrogens with one attached hydrogen (secondary N) is 1. The van der Waals surface area contributed by atoms with Crippen LogP contribution in [0.5, 0.6) is 0 Å². The summed E-state index contributed by atoms with van der Waals surface area (Å²) in [7, 11) is 1.86. The van der Waals surface area contributed by atoms with E-state index in [-0.39, 0.29) is 0 Å². The van der Waals surface area contributed by atoms with Gasteiger partial charge in [-0.3, -0.25) is 4.99 Å². The minimum Gasteiger partial charge on any atom is -0.351 e. The molecule has 1 aliphatic rings. The molecule has 0 saturated carbocycles. The van der Waals surface area contributed by atoms with E-state index in [1.165, 1.54) is 16.9 Å². The van der Waals surface area contributed by atoms with Crippen LogP contribution in [0.15, 0.2) is 35.3 Å². The van der Waals surface area contributed by atoms with Crippen molar-refractivity contribution in [1.29, 1.82) is 0 Å². The summed E-state index contributed by atoms with van der Waals surface area (Å²) in [5, 5.41) is 4.62. The standard InChI is InChI=1S/C18H24N4S/c1-13-17(23-14(2)21-13)11-20-18(19-3)22-10-9-16(12-22)15-7-5-4-6-8-15/h4-8,16H,9-12H2,1-3H3,(H,19,20). The topological polar surface area (TPSA) is 40.5 Å². The summed E-state index contributed by atoms with van der Waals surface area (Å²) in [6.07, 6.45) is 1.18. The Labute approximate surface area is 142 Å². The van der Waals surface area contributed by atoms with E-state index < -0.39 is 0 Å². The summed E-state index contributed by atoms with van der Waals surface area (Å²) in [6.45, 7) is 7.02. The molecular formula is C18H24N4S. The number of likely N-dealkylation sites (tertiary alicyclic amines) is 1. The molecule has 0 radical (unpaired) electrons. The van der Waals surface area contributed by atoms with Gasteiger partial charge in [0.1, 0.15) is 0 Å². The van der Waals surface area contributed by atoms with Crippen LogP contribution in [0.1, 0.15) is 33.5 Å². The Bertz CT molecular complexity index is 678. The van der Waals surface area contributed by atoms with Gasteiger partial charge in [0.25, 0.3) is 0 Å². The average molecular weight is 328 g/mol. The number of thiazole rings is 1. The predicted octanol–water partition coefficient (Wildman–Crippen LogP) is 3.32. The molecule has 2 heterocycles. The van der Waals surface area contributed by atoms with E-state index in [1.807, 2.05) is 7.05 Å². The van der Waals surface area contributed by atoms with Crippen LogP contribution in [0, 0.1) is 13.8 Å². The van der Waals surface area contributed by atoms with E-state index in [9.17, 15) is 0 Å². The Balaban J connectivity index is 1.60. The van der Waals surface area contributed by atoms with E-state index in [2.05, 4.69) is 64.4 Å². The molecule has 0 amide bonds. The Morgan fingerprint density at radius 3 is 2.78 bits per heavy atom. The lowest BCUT2D eigenvalue weighted by Crippen LogP contribution is -2.39. The van der Waals surface area contributed by atoms with Crippen LogP contribution in [-0.2, 0) is 6.54 Å². The largest absolute Gasteiger partial charge is 0.351 e. The van der Waals surface area contributed by atoms with Crippen molar-refractivity contribution < 1.29 is 0 Å². The van der Waals surface area contributed by atoms with Crippen LogP contribution in [-0.4, -0.2) is 36.0 Å². The maximum atomic E-state index is 4.49. The molecule has 1 fully saturated rings. The van der Waals surface area contributed by atoms with Crippen molar-refractivity contribution in [2.24, 2.45) is 4.99 Å². The van der Waals surface area contributed by atoms with Crippen LogP contribution >= 0.6 is 11.3 Å². The smallest absolute Gasteiger partial charge is 0.193 e. The Morgan fingerprint density at radius 2 is 2.13 bits per heavy atom. The Kier molecular flexibility index (Phi) is 4.96. The third kappa shape index (κ3) is 3.72. The fraction of sp³-hybridized carbons (Fsp3) is 0.444. The number of benzene rings is 1. The zero-order valence-corrected chi connectivity index (χ0v) is 14.9. The van der Waals surface area contributed by atoms with Crippen molar-refractivity contribution in [1.82, 2.24) is 15.2 Å². The van der Waals surface area contributed by atoms with Gasteiger partial charge in [0, 0.05) is 30.9 Å². The monoisotopic (exact) mass is 328 g/mol. The van der Waals surface area contributed by atoms with E-state index in [4.69, 9.17) is 0 Å². The quantitative estimate of drug-likeness (QED) is 0.694. The Morgan fingerprint density at radius 1 is 1.35 bits per heavy atom. The molecule has 122 valence electrons. The molecular weight excluding hydrogens is 304 g/mol. The van der Waals surface area contributed by atoms with Crippen LogP contribution < -0.4 is 5.32 Å². The van der Waals surface area contributed by atoms with Crippen molar-refractivity contribution >= 4 is 17.3 Å². The minimum absolute atomic E-state index is 0.599. The summed E-state index contributed by atoms with van der Waals surface area (Å²) in [6, 6.07) is 10.8. The molecule has 1 unspecified atom stereocenters. The summed E-state index contributed by atoms with van der Waals surface area (Å²) in [5.41, 5.74) is 2.55. The highest BCUT2D eigenvalue weighted by Crippen LogP contribution is 2.27. The van der Waals surface area contributed by atoms with E-state index in [0.29, 0.717) is 5.92 Å². The SMILES string of the molecule is CN=C(NCc1sc(C)nc1C)N1CCC(c2ccccc2)C1. The third-order valence-electron chi connectivity index (χ3n) is 4.38. The highest BCUT2D eigenvalue weighted by Gasteiger charge is 2.25. The molecule has 1 N–H and O–H groups in total. The molecule has 23 heavy (non-hydrogen) atoms. The summed E-state index contributed by atoms with van der Waals surface area (Å²) >= 11 is 1.76. The van der Waals surface area contributed by atoms with Gasteiger partial charge in [-0.05, 0) is 25.8 Å². The first kappa shape index (κ1) is 16.0. The van der Waals surface area contributed by atoms with Crippen LogP contribution in [0.25, 0.3) is 0 Å². The molecule has 5 heteroatoms. The molecule has 1 aromatic carbocycles. The van der Waals surface area contributed by atoms with Gasteiger partial charge in [0.15, 0.2) is 5.96 Å². The van der Waals surface area contributed by atoms with Gasteiger partial charge in [0.05, 0.1) is 17.2 Å². The van der Waals surface area contributed by atoms with Gasteiger partial charge < -0.3 is 10.2 Å². The predicted molar refractivity (Wildman–Crippen MR) is 97.2 cm³/mol. The number of hydrogen-bond donors (Lipinski definition) is 1. The van der Waals surface area contributed by atoms with Gasteiger partial charge in [-0.25, -0.2) is 4.98 Å². The van der Waals surface area contributed by atoms with Crippen molar-refractivity contribution in [2.45, 2.75) is 32.7 Å². The zero-order chi connectivity index (χ0) is 16.2. The third-order valence-corrected chi connectivity index (χ3v) is 5.45. The lowest BCUT2D eigenvalue weighted by molar-refractivity contribution is 0.486. The normalized spacial score (nSPS) is 18.5. The average Bonchev–Trinajstić information content (AvgIpc) is 3.16. The maximum Gasteiger partial charge on any atom is 0.193 e. The molecule has 0 spiro atoms. The van der Waals surface area contributed by atoms with E-state index >= 15 is 0 Å². The van der Waals surface area contributed by atoms with E-state index in [0.717, 1.165) is 36.3 Å². The number of nitrogens with zero attached hydrogens (tertiary/aromatic N) is 3. The van der Waals surface area contributed by atoms with Crippen molar-refractivity contribution in [2.75, 3.05) is 20.1 Å². The zero-order valence-electron chi connectivity index (χ0n) is 14.0. The molecule has 1 aromatic heterocycles. The highest BCUT2D eigenvalue weighted by molar-refractivity contribution is 7.11. The minimum atomic E-state index is 0.599. The molecule has 1 saturated heterocycles. The van der Waals surface area contributed by atoms with Crippen molar-refractivity contribution in [3.05, 3.63) is 51.5 Å². The number of aliphatic imine (C=N–C) groups is 1. The lowest BCUT2D eigenvalue weighted by Gasteiger charge is -2.21. The maximum absolute atomic E-state index is 4.49. The second-order valence-corrected chi connectivity index (χ2v) is 7.27. The fourth-order valence-electron chi connectivity index (χ4n) is 3.18. The number of aromatic nitrogens is 1. The van der Waals surface area contributed by atoms with Gasteiger partial charge in [-0.15, -0.1) is 11.3 Å². The van der Waals surface area contributed by atoms with Crippen LogP contribution in [0.2, 0.25) is 0 Å². The van der Waals surface area contributed by atoms with Crippen molar-refractivity contribution in [3.63, 3.8) is 0 Å². The van der Waals surface area contributed by atoms with Gasteiger partial charge in [-0.1, -0.05) is 30.3 Å². The van der Waals surface area contributed by atoms with Crippen LogP contribution in [0.4, 0.5) is 0 Å². The summed E-state index contributed by atoms with van der Waals surface area (Å²) in [5.74, 6) is 1.59. The molecule has 2 aromatic rings. The summed E-state index contributed by atoms with van der Waals surface area (Å²) < 4.78 is 0. The second kappa shape index (κ2) is 7.13. The first-order valence-corrected chi connectivity index (χ1v) is 8.92. The second-order valence-electron chi connectivity index (χ2n) is 5.98. The van der Waals surface area contributed by atoms with Gasteiger partial charge >= 0.3 is 0 Å². The molecule has 3 rings (SSSR count). The van der Waals surface area contributed by atoms with Gasteiger partial charge in [0.2, 0.25) is 0 Å². The first-order chi connectivity index (χ1) is 11.2. The lowest BCUT2D eigenvalue weighted by atomic mass is 9.99. The van der Waals surface area contributed by atoms with E-state index in [1.54, 1.807) is 11.3 Å². The Hall–Kier alpha value is -1.88. The number of rotatable bonds is 3. The highest BCUT2D eigenvalue weighted by atomic mass is 32.1. The summed E-state index contributed by atoms with van der Waals surface area (Å²) in [4.78, 5) is 12.6. The van der Waals surface area contributed by atoms with Gasteiger partial charge in [-0.2, -0.15) is 0 Å². The van der Waals surface area contributed by atoms with Crippen molar-refractivity contribution in [3.8, 4) is 0 Å². The number of hydrogen-bond acceptors (Lipinski definition) is 3. The van der Waals surface area contributed by atoms with Crippen LogP contribution in [0.3, 0.4) is 0 Å². The fourth-order valence-corrected chi connectivity index (χ4v) is 4.06. The molecule has 0 aliphatic carbocycles. The molecule has 1 atom stereocenters. The number of aryl methyl sites for hydroxylation is 2.